The second-order valence-corrected chi connectivity index (χ2v) is 13.5. The summed E-state index contributed by atoms with van der Waals surface area (Å²) in [7, 11) is 0. The highest BCUT2D eigenvalue weighted by Crippen LogP contribution is 2.47. The van der Waals surface area contributed by atoms with Crippen molar-refractivity contribution in [2.75, 3.05) is 37.7 Å². The number of benzene rings is 1. The van der Waals surface area contributed by atoms with E-state index < -0.39 is 5.60 Å². The lowest BCUT2D eigenvalue weighted by atomic mass is 9.63. The Morgan fingerprint density at radius 3 is 2.17 bits per heavy atom. The Labute approximate surface area is 248 Å². The SMILES string of the molecule is CC.CC(C)(C)OC(=O)N1CCN(c2nc(-c3ccc4c(c3)C(C)(C)CCC4(C)C)ccc2OCCC2=C[CH]2)CC1. The van der Waals surface area contributed by atoms with E-state index in [-0.39, 0.29) is 16.9 Å². The summed E-state index contributed by atoms with van der Waals surface area (Å²) in [6, 6.07) is 11.1. The summed E-state index contributed by atoms with van der Waals surface area (Å²) in [5.74, 6) is 1.65. The van der Waals surface area contributed by atoms with Crippen LogP contribution in [-0.2, 0) is 15.6 Å². The van der Waals surface area contributed by atoms with E-state index in [2.05, 4.69) is 75.4 Å². The Hall–Kier alpha value is -3.02. The van der Waals surface area contributed by atoms with Crippen LogP contribution in [0.4, 0.5) is 10.6 Å². The van der Waals surface area contributed by atoms with Gasteiger partial charge in [0.2, 0.25) is 0 Å². The van der Waals surface area contributed by atoms with Crippen molar-refractivity contribution in [3.05, 3.63) is 59.5 Å². The van der Waals surface area contributed by atoms with Gasteiger partial charge < -0.3 is 19.3 Å². The number of fused-ring (bicyclic) bond motifs is 1. The Balaban J connectivity index is 0.00000189. The molecular formula is C35H50N3O3. The maximum atomic E-state index is 12.6. The first-order valence-corrected chi connectivity index (χ1v) is 15.4. The first-order valence-electron chi connectivity index (χ1n) is 15.4. The van der Waals surface area contributed by atoms with Crippen molar-refractivity contribution in [1.82, 2.24) is 9.88 Å². The number of ether oxygens (including phenoxy) is 2. The Kier molecular flexibility index (Phi) is 9.10. The number of carbonyl (C=O) groups is 1. The van der Waals surface area contributed by atoms with E-state index in [1.165, 1.54) is 29.5 Å². The molecule has 6 heteroatoms. The van der Waals surface area contributed by atoms with Gasteiger partial charge in [0.05, 0.1) is 12.3 Å². The van der Waals surface area contributed by atoms with Gasteiger partial charge in [0, 0.05) is 44.6 Å². The van der Waals surface area contributed by atoms with Crippen molar-refractivity contribution in [2.24, 2.45) is 0 Å². The summed E-state index contributed by atoms with van der Waals surface area (Å²) in [5.41, 5.74) is 6.13. The number of hydrogen-bond acceptors (Lipinski definition) is 5. The average Bonchev–Trinajstić information content (AvgIpc) is 3.76. The molecule has 3 aliphatic rings. The molecule has 0 spiro atoms. The fourth-order valence-corrected chi connectivity index (χ4v) is 5.62. The smallest absolute Gasteiger partial charge is 0.410 e. The number of anilines is 1. The fourth-order valence-electron chi connectivity index (χ4n) is 5.62. The highest BCUT2D eigenvalue weighted by molar-refractivity contribution is 5.70. The maximum absolute atomic E-state index is 12.6. The zero-order valence-corrected chi connectivity index (χ0v) is 26.8. The Morgan fingerprint density at radius 1 is 0.927 bits per heavy atom. The van der Waals surface area contributed by atoms with Gasteiger partial charge in [-0.3, -0.25) is 0 Å². The van der Waals surface area contributed by atoms with Gasteiger partial charge >= 0.3 is 6.09 Å². The normalized spacial score (nSPS) is 18.9. The third kappa shape index (κ3) is 7.44. The van der Waals surface area contributed by atoms with Crippen LogP contribution in [0.1, 0.15) is 92.7 Å². The van der Waals surface area contributed by atoms with Gasteiger partial charge in [-0.05, 0) is 73.8 Å². The summed E-state index contributed by atoms with van der Waals surface area (Å²) < 4.78 is 11.8. The number of piperazine rings is 1. The second kappa shape index (κ2) is 12.1. The number of hydrogen-bond donors (Lipinski definition) is 0. The molecule has 0 bridgehead atoms. The average molecular weight is 561 g/mol. The molecule has 1 aromatic heterocycles. The minimum absolute atomic E-state index is 0.138. The van der Waals surface area contributed by atoms with Crippen molar-refractivity contribution in [1.29, 1.82) is 0 Å². The van der Waals surface area contributed by atoms with E-state index in [1.54, 1.807) is 4.90 Å². The summed E-state index contributed by atoms with van der Waals surface area (Å²) >= 11 is 0. The Morgan fingerprint density at radius 2 is 1.56 bits per heavy atom. The number of allylic oxidation sites excluding steroid dienone is 1. The predicted molar refractivity (Wildman–Crippen MR) is 169 cm³/mol. The van der Waals surface area contributed by atoms with Crippen LogP contribution in [0.5, 0.6) is 5.75 Å². The maximum Gasteiger partial charge on any atom is 0.410 e. The fraction of sp³-hybridized carbons (Fsp3) is 0.571. The number of carbonyl (C=O) groups excluding carboxylic acids is 1. The van der Waals surface area contributed by atoms with Crippen LogP contribution in [0.3, 0.4) is 0 Å². The molecule has 0 atom stereocenters. The van der Waals surface area contributed by atoms with Gasteiger partial charge in [-0.25, -0.2) is 9.78 Å². The van der Waals surface area contributed by atoms with Crippen LogP contribution < -0.4 is 9.64 Å². The Bertz CT molecular complexity index is 1260. The summed E-state index contributed by atoms with van der Waals surface area (Å²) in [6.45, 7) is 22.3. The number of amides is 1. The second-order valence-electron chi connectivity index (χ2n) is 13.5. The topological polar surface area (TPSA) is 54.9 Å². The van der Waals surface area contributed by atoms with E-state index >= 15 is 0 Å². The largest absolute Gasteiger partial charge is 0.489 e. The summed E-state index contributed by atoms with van der Waals surface area (Å²) in [4.78, 5) is 21.8. The number of nitrogens with zero attached hydrogens (tertiary/aromatic N) is 3. The lowest BCUT2D eigenvalue weighted by Gasteiger charge is -2.42. The van der Waals surface area contributed by atoms with Crippen molar-refractivity contribution in [3.8, 4) is 17.0 Å². The van der Waals surface area contributed by atoms with Gasteiger partial charge in [-0.15, -0.1) is 0 Å². The summed E-state index contributed by atoms with van der Waals surface area (Å²) in [5, 5.41) is 0. The molecule has 1 aromatic carbocycles. The zero-order valence-electron chi connectivity index (χ0n) is 26.8. The number of pyridine rings is 1. The highest BCUT2D eigenvalue weighted by atomic mass is 16.6. The molecule has 2 aliphatic carbocycles. The van der Waals surface area contributed by atoms with Crippen LogP contribution >= 0.6 is 0 Å². The van der Waals surface area contributed by atoms with Crippen LogP contribution in [0.15, 0.2) is 42.0 Å². The molecule has 0 N–H and O–H groups in total. The van der Waals surface area contributed by atoms with Crippen molar-refractivity contribution in [2.45, 2.75) is 98.0 Å². The van der Waals surface area contributed by atoms with Crippen molar-refractivity contribution < 1.29 is 14.3 Å². The molecule has 2 aromatic rings. The van der Waals surface area contributed by atoms with Gasteiger partial charge in [0.15, 0.2) is 11.6 Å². The van der Waals surface area contributed by atoms with Crippen molar-refractivity contribution >= 4 is 11.9 Å². The van der Waals surface area contributed by atoms with E-state index in [4.69, 9.17) is 14.5 Å². The van der Waals surface area contributed by atoms with Gasteiger partial charge in [-0.1, -0.05) is 65.3 Å². The quantitative estimate of drug-likeness (QED) is 0.357. The predicted octanol–water partition coefficient (Wildman–Crippen LogP) is 8.09. The lowest BCUT2D eigenvalue weighted by Crippen LogP contribution is -2.50. The van der Waals surface area contributed by atoms with Gasteiger partial charge in [-0.2, -0.15) is 0 Å². The van der Waals surface area contributed by atoms with Gasteiger partial charge in [0.25, 0.3) is 0 Å². The van der Waals surface area contributed by atoms with Crippen LogP contribution in [-0.4, -0.2) is 54.4 Å². The molecule has 1 saturated heterocycles. The standard InChI is InChI=1S/C33H44N3O3.C2H6/c1-31(2,3)39-30(37)36-19-17-35(18-20-36)29-28(38-21-14-23-8-9-23)13-12-27(34-29)24-10-11-25-26(22-24)33(6,7)16-15-32(25,4)5;1-2/h8-13,22H,14-21H2,1-7H3;1-2H3. The first-order chi connectivity index (χ1) is 19.3. The molecule has 1 aliphatic heterocycles. The number of rotatable bonds is 6. The molecule has 1 amide bonds. The molecule has 1 fully saturated rings. The molecule has 0 saturated carbocycles. The third-order valence-corrected chi connectivity index (χ3v) is 8.27. The molecule has 6 nitrogen and oxygen atoms in total. The molecule has 1 radical (unpaired) electrons. The van der Waals surface area contributed by atoms with Crippen LogP contribution in [0.2, 0.25) is 0 Å². The minimum atomic E-state index is -0.502. The zero-order chi connectivity index (χ0) is 30.0. The highest BCUT2D eigenvalue weighted by Gasteiger charge is 2.37. The molecule has 0 unspecified atom stereocenters. The van der Waals surface area contributed by atoms with E-state index in [0.717, 1.165) is 29.2 Å². The molecular weight excluding hydrogens is 510 g/mol. The van der Waals surface area contributed by atoms with E-state index in [1.807, 2.05) is 34.6 Å². The van der Waals surface area contributed by atoms with E-state index in [0.29, 0.717) is 32.8 Å². The van der Waals surface area contributed by atoms with E-state index in [9.17, 15) is 4.79 Å². The third-order valence-electron chi connectivity index (χ3n) is 8.27. The monoisotopic (exact) mass is 560 g/mol. The molecule has 2 heterocycles. The van der Waals surface area contributed by atoms with Crippen molar-refractivity contribution in [3.63, 3.8) is 0 Å². The molecule has 5 rings (SSSR count). The van der Waals surface area contributed by atoms with Crippen LogP contribution in [0.25, 0.3) is 11.3 Å². The van der Waals surface area contributed by atoms with Crippen LogP contribution in [0, 0.1) is 6.42 Å². The first kappa shape index (κ1) is 30.9. The van der Waals surface area contributed by atoms with Gasteiger partial charge in [0.1, 0.15) is 5.60 Å². The molecule has 223 valence electrons. The summed E-state index contributed by atoms with van der Waals surface area (Å²) in [6.07, 6.45) is 7.28. The minimum Gasteiger partial charge on any atom is -0.489 e. The lowest BCUT2D eigenvalue weighted by molar-refractivity contribution is 0.0240. The number of aromatic nitrogens is 1. The molecule has 41 heavy (non-hydrogen) atoms.